The summed E-state index contributed by atoms with van der Waals surface area (Å²) in [6.45, 7) is 4.60. The summed E-state index contributed by atoms with van der Waals surface area (Å²) in [5.74, 6) is 0.274. The van der Waals surface area contributed by atoms with E-state index in [0.717, 1.165) is 11.3 Å². The van der Waals surface area contributed by atoms with Crippen LogP contribution >= 0.6 is 0 Å². The van der Waals surface area contributed by atoms with Crippen molar-refractivity contribution in [2.24, 2.45) is 7.05 Å². The number of para-hydroxylation sites is 1. The van der Waals surface area contributed by atoms with Gasteiger partial charge in [-0.25, -0.2) is 0 Å². The second-order valence-electron chi connectivity index (χ2n) is 4.57. The molecule has 0 aliphatic heterocycles. The van der Waals surface area contributed by atoms with Crippen molar-refractivity contribution in [1.29, 1.82) is 0 Å². The molecule has 0 fully saturated rings. The van der Waals surface area contributed by atoms with Crippen molar-refractivity contribution in [1.82, 2.24) is 9.78 Å². The third-order valence-corrected chi connectivity index (χ3v) is 3.29. The molecule has 2 rings (SSSR count). The van der Waals surface area contributed by atoms with Gasteiger partial charge < -0.3 is 10.1 Å². The Labute approximate surface area is 122 Å². The summed E-state index contributed by atoms with van der Waals surface area (Å²) in [6.07, 6.45) is 1.75. The lowest BCUT2D eigenvalue weighted by molar-refractivity contribution is -0.384. The highest BCUT2D eigenvalue weighted by atomic mass is 16.6. The lowest BCUT2D eigenvalue weighted by atomic mass is 10.2. The first-order valence-corrected chi connectivity index (χ1v) is 6.66. The van der Waals surface area contributed by atoms with Crippen molar-refractivity contribution in [3.8, 4) is 5.75 Å². The van der Waals surface area contributed by atoms with E-state index in [2.05, 4.69) is 10.4 Å². The number of nitrogens with one attached hydrogen (secondary N) is 1. The van der Waals surface area contributed by atoms with E-state index in [4.69, 9.17) is 4.74 Å². The summed E-state index contributed by atoms with van der Waals surface area (Å²) in [5.41, 5.74) is 2.41. The Kier molecular flexibility index (Phi) is 4.42. The summed E-state index contributed by atoms with van der Waals surface area (Å²) >= 11 is 0. The van der Waals surface area contributed by atoms with Crippen molar-refractivity contribution >= 4 is 11.4 Å². The van der Waals surface area contributed by atoms with E-state index in [9.17, 15) is 10.1 Å². The van der Waals surface area contributed by atoms with Crippen molar-refractivity contribution in [3.05, 3.63) is 45.8 Å². The molecule has 0 saturated heterocycles. The standard InChI is InChI=1S/C14H18N4O3/c1-4-21-13-7-5-6-12(14(13)18(19)20)15-8-11-9-16-17(3)10(11)2/h5-7,9,15H,4,8H2,1-3H3. The largest absolute Gasteiger partial charge is 0.487 e. The third-order valence-electron chi connectivity index (χ3n) is 3.29. The number of hydrogen-bond donors (Lipinski definition) is 1. The average molecular weight is 290 g/mol. The lowest BCUT2D eigenvalue weighted by Crippen LogP contribution is -2.05. The van der Waals surface area contributed by atoms with E-state index in [1.165, 1.54) is 0 Å². The zero-order valence-electron chi connectivity index (χ0n) is 12.3. The van der Waals surface area contributed by atoms with Gasteiger partial charge in [-0.05, 0) is 26.0 Å². The third kappa shape index (κ3) is 3.13. The van der Waals surface area contributed by atoms with E-state index in [-0.39, 0.29) is 11.4 Å². The van der Waals surface area contributed by atoms with Gasteiger partial charge in [0, 0.05) is 24.8 Å². The second kappa shape index (κ2) is 6.25. The predicted molar refractivity (Wildman–Crippen MR) is 79.5 cm³/mol. The first-order valence-electron chi connectivity index (χ1n) is 6.66. The summed E-state index contributed by atoms with van der Waals surface area (Å²) in [5, 5.41) is 18.5. The molecule has 1 aromatic carbocycles. The van der Waals surface area contributed by atoms with Gasteiger partial charge in [0.15, 0.2) is 5.75 Å². The number of nitrogens with zero attached hydrogens (tertiary/aromatic N) is 3. The van der Waals surface area contributed by atoms with Crippen LogP contribution in [-0.4, -0.2) is 21.3 Å². The number of ether oxygens (including phenoxy) is 1. The maximum absolute atomic E-state index is 11.3. The van der Waals surface area contributed by atoms with Crippen LogP contribution in [0, 0.1) is 17.0 Å². The van der Waals surface area contributed by atoms with Gasteiger partial charge in [-0.15, -0.1) is 0 Å². The normalized spacial score (nSPS) is 10.4. The molecule has 0 radical (unpaired) electrons. The molecule has 0 aliphatic rings. The molecule has 0 aliphatic carbocycles. The molecule has 0 unspecified atom stereocenters. The Morgan fingerprint density at radius 2 is 2.24 bits per heavy atom. The Balaban J connectivity index is 2.25. The molecule has 1 aromatic heterocycles. The first kappa shape index (κ1) is 14.8. The molecule has 1 N–H and O–H groups in total. The zero-order chi connectivity index (χ0) is 15.4. The van der Waals surface area contributed by atoms with Gasteiger partial charge >= 0.3 is 5.69 Å². The quantitative estimate of drug-likeness (QED) is 0.653. The van der Waals surface area contributed by atoms with Gasteiger partial charge in [0.25, 0.3) is 0 Å². The van der Waals surface area contributed by atoms with E-state index < -0.39 is 4.92 Å². The smallest absolute Gasteiger partial charge is 0.333 e. The van der Waals surface area contributed by atoms with Gasteiger partial charge in [-0.1, -0.05) is 6.07 Å². The van der Waals surface area contributed by atoms with Gasteiger partial charge in [0.2, 0.25) is 0 Å². The van der Waals surface area contributed by atoms with Gasteiger partial charge in [0.05, 0.1) is 17.7 Å². The molecule has 0 atom stereocenters. The number of rotatable bonds is 6. The van der Waals surface area contributed by atoms with Crippen LogP contribution in [0.1, 0.15) is 18.2 Å². The molecule has 2 aromatic rings. The Morgan fingerprint density at radius 1 is 1.48 bits per heavy atom. The van der Waals surface area contributed by atoms with E-state index in [1.807, 2.05) is 14.0 Å². The Hall–Kier alpha value is -2.57. The summed E-state index contributed by atoms with van der Waals surface area (Å²) in [7, 11) is 1.86. The molecule has 0 spiro atoms. The lowest BCUT2D eigenvalue weighted by Gasteiger charge is -2.10. The number of nitro groups is 1. The first-order chi connectivity index (χ1) is 10.0. The van der Waals surface area contributed by atoms with Crippen molar-refractivity contribution < 1.29 is 9.66 Å². The zero-order valence-corrected chi connectivity index (χ0v) is 12.3. The second-order valence-corrected chi connectivity index (χ2v) is 4.57. The highest BCUT2D eigenvalue weighted by Gasteiger charge is 2.20. The van der Waals surface area contributed by atoms with Gasteiger partial charge in [0.1, 0.15) is 5.69 Å². The van der Waals surface area contributed by atoms with Crippen LogP contribution in [0.15, 0.2) is 24.4 Å². The van der Waals surface area contributed by atoms with Crippen LogP contribution in [0.3, 0.4) is 0 Å². The molecule has 112 valence electrons. The highest BCUT2D eigenvalue weighted by molar-refractivity contribution is 5.68. The monoisotopic (exact) mass is 290 g/mol. The summed E-state index contributed by atoms with van der Waals surface area (Å²) < 4.78 is 7.09. The molecule has 21 heavy (non-hydrogen) atoms. The maximum Gasteiger partial charge on any atom is 0.333 e. The van der Waals surface area contributed by atoms with E-state index in [0.29, 0.717) is 18.8 Å². The molecule has 0 bridgehead atoms. The highest BCUT2D eigenvalue weighted by Crippen LogP contribution is 2.35. The number of nitro benzene ring substituents is 1. The van der Waals surface area contributed by atoms with Crippen molar-refractivity contribution in [2.75, 3.05) is 11.9 Å². The Bertz CT molecular complexity index is 652. The van der Waals surface area contributed by atoms with E-state index in [1.54, 1.807) is 36.0 Å². The van der Waals surface area contributed by atoms with Crippen LogP contribution in [0.2, 0.25) is 0 Å². The minimum absolute atomic E-state index is 0.0408. The van der Waals surface area contributed by atoms with Crippen LogP contribution in [0.4, 0.5) is 11.4 Å². The number of aromatic nitrogens is 2. The molecular weight excluding hydrogens is 272 g/mol. The number of anilines is 1. The fourth-order valence-corrected chi connectivity index (χ4v) is 2.03. The van der Waals surface area contributed by atoms with Crippen molar-refractivity contribution in [3.63, 3.8) is 0 Å². The molecule has 7 nitrogen and oxygen atoms in total. The molecule has 7 heteroatoms. The van der Waals surface area contributed by atoms with Crippen LogP contribution < -0.4 is 10.1 Å². The van der Waals surface area contributed by atoms with Crippen molar-refractivity contribution in [2.45, 2.75) is 20.4 Å². The predicted octanol–water partition coefficient (Wildman–Crippen LogP) is 2.65. The number of benzene rings is 1. The average Bonchev–Trinajstić information content (AvgIpc) is 2.76. The minimum Gasteiger partial charge on any atom is -0.487 e. The topological polar surface area (TPSA) is 82.2 Å². The fourth-order valence-electron chi connectivity index (χ4n) is 2.03. The van der Waals surface area contributed by atoms with Crippen LogP contribution in [-0.2, 0) is 13.6 Å². The molecule has 0 amide bonds. The molecule has 0 saturated carbocycles. The summed E-state index contributed by atoms with van der Waals surface area (Å²) in [6, 6.07) is 5.00. The van der Waals surface area contributed by atoms with Crippen LogP contribution in [0.5, 0.6) is 5.75 Å². The SMILES string of the molecule is CCOc1cccc(NCc2cnn(C)c2C)c1[N+](=O)[O-]. The van der Waals surface area contributed by atoms with Crippen LogP contribution in [0.25, 0.3) is 0 Å². The minimum atomic E-state index is -0.427. The van der Waals surface area contributed by atoms with Gasteiger partial charge in [-0.3, -0.25) is 14.8 Å². The fraction of sp³-hybridized carbons (Fsp3) is 0.357. The van der Waals surface area contributed by atoms with Gasteiger partial charge in [-0.2, -0.15) is 5.10 Å². The van der Waals surface area contributed by atoms with E-state index >= 15 is 0 Å². The summed E-state index contributed by atoms with van der Waals surface area (Å²) in [4.78, 5) is 10.8. The molecular formula is C14H18N4O3. The number of aryl methyl sites for hydroxylation is 1. The Morgan fingerprint density at radius 3 is 2.81 bits per heavy atom. The maximum atomic E-state index is 11.3. The number of hydrogen-bond acceptors (Lipinski definition) is 5. The molecule has 1 heterocycles.